The lowest BCUT2D eigenvalue weighted by Gasteiger charge is -2.21. The summed E-state index contributed by atoms with van der Waals surface area (Å²) in [6.07, 6.45) is 1.31. The van der Waals surface area contributed by atoms with Crippen LogP contribution in [0.4, 0.5) is 5.69 Å². The van der Waals surface area contributed by atoms with E-state index in [2.05, 4.69) is 21.7 Å². The number of benzene rings is 1. The van der Waals surface area contributed by atoms with Gasteiger partial charge in [-0.1, -0.05) is 18.2 Å². The molecule has 0 heterocycles. The van der Waals surface area contributed by atoms with Crippen molar-refractivity contribution in [1.82, 2.24) is 9.62 Å². The Morgan fingerprint density at radius 2 is 2.21 bits per heavy atom. The fourth-order valence-electron chi connectivity index (χ4n) is 1.49. The highest BCUT2D eigenvalue weighted by Gasteiger charge is 2.09. The van der Waals surface area contributed by atoms with Crippen molar-refractivity contribution in [3.8, 4) is 0 Å². The summed E-state index contributed by atoms with van der Waals surface area (Å²) in [6, 6.07) is 7.52. The van der Waals surface area contributed by atoms with E-state index in [0.29, 0.717) is 18.8 Å². The molecule has 0 saturated heterocycles. The second-order valence-corrected chi connectivity index (χ2v) is 5.14. The van der Waals surface area contributed by atoms with Crippen LogP contribution in [0.25, 0.3) is 0 Å². The molecule has 1 atom stereocenters. The van der Waals surface area contributed by atoms with Crippen LogP contribution in [-0.4, -0.2) is 40.5 Å². The highest BCUT2D eigenvalue weighted by Crippen LogP contribution is 2.29. The molecule has 5 nitrogen and oxygen atoms in total. The number of aliphatic hydroxyl groups is 1. The van der Waals surface area contributed by atoms with Gasteiger partial charge in [-0.2, -0.15) is 0 Å². The summed E-state index contributed by atoms with van der Waals surface area (Å²) in [5.74, 6) is 0. The molecule has 6 heteroatoms. The Labute approximate surface area is 118 Å². The number of rotatable bonds is 9. The molecule has 0 spiro atoms. The molecule has 0 aliphatic carbocycles. The van der Waals surface area contributed by atoms with Crippen LogP contribution >= 0.6 is 11.9 Å². The van der Waals surface area contributed by atoms with Crippen LogP contribution in [0.1, 0.15) is 6.92 Å². The second-order valence-electron chi connectivity index (χ2n) is 4.01. The van der Waals surface area contributed by atoms with Crippen molar-refractivity contribution in [2.45, 2.75) is 18.0 Å². The van der Waals surface area contributed by atoms with Gasteiger partial charge in [0.2, 0.25) is 0 Å². The monoisotopic (exact) mass is 283 g/mol. The molecule has 1 unspecified atom stereocenters. The van der Waals surface area contributed by atoms with Crippen molar-refractivity contribution < 1.29 is 10.3 Å². The Kier molecular flexibility index (Phi) is 7.54. The highest BCUT2D eigenvalue weighted by atomic mass is 32.2. The first-order valence-electron chi connectivity index (χ1n) is 6.11. The van der Waals surface area contributed by atoms with Crippen LogP contribution in [0.5, 0.6) is 0 Å². The molecule has 0 saturated carbocycles. The Morgan fingerprint density at radius 1 is 1.47 bits per heavy atom. The number of hydrogen-bond donors (Lipinski definition) is 4. The van der Waals surface area contributed by atoms with E-state index >= 15 is 0 Å². The third kappa shape index (κ3) is 6.09. The molecular formula is C13H21N3O2S. The molecule has 0 radical (unpaired) electrons. The normalized spacial score (nSPS) is 12.4. The lowest BCUT2D eigenvalue weighted by Crippen LogP contribution is -2.33. The van der Waals surface area contributed by atoms with E-state index in [1.807, 2.05) is 30.3 Å². The number of anilines is 1. The van der Waals surface area contributed by atoms with Gasteiger partial charge in [-0.15, -0.1) is 6.58 Å². The first-order chi connectivity index (χ1) is 9.17. The maximum atomic E-state index is 9.17. The second kappa shape index (κ2) is 8.95. The minimum absolute atomic E-state index is 0.512. The minimum Gasteiger partial charge on any atom is -0.379 e. The Balaban J connectivity index is 2.58. The molecule has 1 aromatic carbocycles. The zero-order chi connectivity index (χ0) is 14.1. The Hall–Kier alpha value is -1.05. The standard InChI is InChI=1S/C13H21N3O2S/c1-3-9-16(10-8-14-11(2)17)19-13-7-5-4-6-12(13)15-18/h3-7,11,14-15,17-18H,1,8-10H2,2H3. The van der Waals surface area contributed by atoms with Crippen molar-refractivity contribution >= 4 is 17.6 Å². The third-order valence-corrected chi connectivity index (χ3v) is 3.51. The topological polar surface area (TPSA) is 67.8 Å². The Morgan fingerprint density at radius 3 is 2.84 bits per heavy atom. The molecule has 0 bridgehead atoms. The van der Waals surface area contributed by atoms with Gasteiger partial charge in [0.25, 0.3) is 0 Å². The van der Waals surface area contributed by atoms with Crippen molar-refractivity contribution in [1.29, 1.82) is 0 Å². The van der Waals surface area contributed by atoms with E-state index in [1.165, 1.54) is 11.9 Å². The summed E-state index contributed by atoms with van der Waals surface area (Å²) in [7, 11) is 0. The first-order valence-corrected chi connectivity index (χ1v) is 6.89. The van der Waals surface area contributed by atoms with Gasteiger partial charge in [0.05, 0.1) is 5.69 Å². The molecule has 4 N–H and O–H groups in total. The van der Waals surface area contributed by atoms with Crippen molar-refractivity contribution in [2.75, 3.05) is 25.1 Å². The molecule has 1 rings (SSSR count). The van der Waals surface area contributed by atoms with Crippen LogP contribution in [-0.2, 0) is 0 Å². The molecular weight excluding hydrogens is 262 g/mol. The number of aliphatic hydroxyl groups excluding tert-OH is 1. The van der Waals surface area contributed by atoms with Crippen LogP contribution in [0.15, 0.2) is 41.8 Å². The molecule has 0 aliphatic rings. The fourth-order valence-corrected chi connectivity index (χ4v) is 2.49. The number of hydrogen-bond acceptors (Lipinski definition) is 6. The summed E-state index contributed by atoms with van der Waals surface area (Å²) < 4.78 is 2.10. The number of nitrogens with one attached hydrogen (secondary N) is 2. The fraction of sp³-hybridized carbons (Fsp3) is 0.385. The quantitative estimate of drug-likeness (QED) is 0.240. The SMILES string of the molecule is C=CCN(CCNC(C)O)Sc1ccccc1NO. The molecule has 0 fully saturated rings. The predicted octanol–water partition coefficient (Wildman–Crippen LogP) is 1.91. The summed E-state index contributed by atoms with van der Waals surface area (Å²) >= 11 is 1.53. The predicted molar refractivity (Wildman–Crippen MR) is 79.2 cm³/mol. The largest absolute Gasteiger partial charge is 0.379 e. The minimum atomic E-state index is -0.512. The molecule has 0 aliphatic heterocycles. The summed E-state index contributed by atoms with van der Waals surface area (Å²) in [4.78, 5) is 0.934. The van der Waals surface area contributed by atoms with Crippen molar-refractivity contribution in [2.24, 2.45) is 0 Å². The molecule has 19 heavy (non-hydrogen) atoms. The van der Waals surface area contributed by atoms with E-state index in [-0.39, 0.29) is 0 Å². The van der Waals surface area contributed by atoms with Gasteiger partial charge in [-0.25, -0.2) is 4.31 Å². The highest BCUT2D eigenvalue weighted by molar-refractivity contribution is 7.97. The number of para-hydroxylation sites is 1. The van der Waals surface area contributed by atoms with E-state index < -0.39 is 6.23 Å². The van der Waals surface area contributed by atoms with Gasteiger partial charge in [-0.05, 0) is 31.0 Å². The van der Waals surface area contributed by atoms with Gasteiger partial charge >= 0.3 is 0 Å². The average Bonchev–Trinajstić information content (AvgIpc) is 2.39. The van der Waals surface area contributed by atoms with E-state index in [0.717, 1.165) is 11.4 Å². The van der Waals surface area contributed by atoms with Crippen LogP contribution in [0.2, 0.25) is 0 Å². The first kappa shape index (κ1) is 16.0. The van der Waals surface area contributed by atoms with Crippen molar-refractivity contribution in [3.63, 3.8) is 0 Å². The number of nitrogens with zero attached hydrogens (tertiary/aromatic N) is 1. The van der Waals surface area contributed by atoms with Gasteiger partial charge < -0.3 is 5.11 Å². The van der Waals surface area contributed by atoms with Crippen LogP contribution < -0.4 is 10.8 Å². The zero-order valence-corrected chi connectivity index (χ0v) is 11.9. The lowest BCUT2D eigenvalue weighted by molar-refractivity contribution is 0.155. The lowest BCUT2D eigenvalue weighted by atomic mass is 10.3. The third-order valence-electron chi connectivity index (χ3n) is 2.37. The van der Waals surface area contributed by atoms with Gasteiger partial charge in [0, 0.05) is 24.5 Å². The maximum absolute atomic E-state index is 9.17. The average molecular weight is 283 g/mol. The molecule has 0 aromatic heterocycles. The zero-order valence-electron chi connectivity index (χ0n) is 11.0. The van der Waals surface area contributed by atoms with Gasteiger partial charge in [-0.3, -0.25) is 16.0 Å². The maximum Gasteiger partial charge on any atom is 0.102 e. The summed E-state index contributed by atoms with van der Waals surface area (Å²) in [5.41, 5.74) is 2.86. The van der Waals surface area contributed by atoms with Crippen LogP contribution in [0, 0.1) is 0 Å². The Bertz CT molecular complexity index is 388. The van der Waals surface area contributed by atoms with E-state index in [1.54, 1.807) is 6.92 Å². The summed E-state index contributed by atoms with van der Waals surface area (Å²) in [6.45, 7) is 7.57. The summed E-state index contributed by atoms with van der Waals surface area (Å²) in [5, 5.41) is 21.2. The van der Waals surface area contributed by atoms with E-state index in [9.17, 15) is 0 Å². The van der Waals surface area contributed by atoms with Crippen LogP contribution in [0.3, 0.4) is 0 Å². The smallest absolute Gasteiger partial charge is 0.102 e. The molecule has 0 amide bonds. The van der Waals surface area contributed by atoms with Gasteiger partial charge in [0.15, 0.2) is 0 Å². The van der Waals surface area contributed by atoms with Gasteiger partial charge in [0.1, 0.15) is 6.23 Å². The molecule has 1 aromatic rings. The molecule has 106 valence electrons. The van der Waals surface area contributed by atoms with E-state index in [4.69, 9.17) is 10.3 Å². The van der Waals surface area contributed by atoms with Crippen molar-refractivity contribution in [3.05, 3.63) is 36.9 Å².